The first-order valence-electron chi connectivity index (χ1n) is 9.34. The molecule has 0 amide bonds. The van der Waals surface area contributed by atoms with E-state index in [1.54, 1.807) is 0 Å². The zero-order valence-electron chi connectivity index (χ0n) is 14.4. The number of rotatable bonds is 10. The minimum absolute atomic E-state index is 0.694. The van der Waals surface area contributed by atoms with E-state index in [2.05, 4.69) is 20.8 Å². The summed E-state index contributed by atoms with van der Waals surface area (Å²) in [6.45, 7) is 4.39. The third-order valence-electron chi connectivity index (χ3n) is 5.68. The van der Waals surface area contributed by atoms with Crippen LogP contribution in [0.4, 0.5) is 0 Å². The predicted octanol–water partition coefficient (Wildman–Crippen LogP) is 6.18. The Morgan fingerprint density at radius 1 is 0.750 bits per heavy atom. The van der Waals surface area contributed by atoms with Gasteiger partial charge in [0.1, 0.15) is 0 Å². The zero-order valence-corrected chi connectivity index (χ0v) is 15.3. The molecule has 0 aromatic rings. The van der Waals surface area contributed by atoms with Crippen LogP contribution in [0, 0.1) is 0 Å². The van der Waals surface area contributed by atoms with E-state index in [0.29, 0.717) is 5.66 Å². The van der Waals surface area contributed by atoms with Gasteiger partial charge in [-0.05, 0) is 0 Å². The molecule has 1 N–H and O–H groups in total. The number of hydrogen-bond donors (Lipinski definition) is 1. The summed E-state index contributed by atoms with van der Waals surface area (Å²) < 4.78 is 0. The van der Waals surface area contributed by atoms with Gasteiger partial charge in [-0.1, -0.05) is 0 Å². The summed E-state index contributed by atoms with van der Waals surface area (Å²) >= 11 is 0. The Kier molecular flexibility index (Phi) is 8.06. The molecule has 0 bridgehead atoms. The molecule has 1 aliphatic carbocycles. The summed E-state index contributed by atoms with van der Waals surface area (Å²) in [5, 5.41) is 0. The van der Waals surface area contributed by atoms with E-state index >= 15 is 0 Å². The summed E-state index contributed by atoms with van der Waals surface area (Å²) in [6.07, 6.45) is 17.8. The molecule has 0 radical (unpaired) electrons. The Hall–Kier alpha value is 0.390. The molecule has 0 aliphatic heterocycles. The molecular weight excluding hydrogens is 263 g/mol. The van der Waals surface area contributed by atoms with Gasteiger partial charge in [-0.3, -0.25) is 0 Å². The second kappa shape index (κ2) is 8.74. The van der Waals surface area contributed by atoms with Gasteiger partial charge in [0.25, 0.3) is 0 Å². The van der Waals surface area contributed by atoms with Crippen LogP contribution in [-0.4, -0.2) is 29.0 Å². The Balaban J connectivity index is 2.94. The van der Waals surface area contributed by atoms with Crippen LogP contribution in [0.2, 0.25) is 0 Å². The Bertz CT molecular complexity index is 234. The van der Waals surface area contributed by atoms with E-state index in [-0.39, 0.29) is 0 Å². The van der Waals surface area contributed by atoms with Gasteiger partial charge in [0.15, 0.2) is 0 Å². The van der Waals surface area contributed by atoms with Gasteiger partial charge in [-0.25, -0.2) is 0 Å². The Labute approximate surface area is 127 Å². The fourth-order valence-electron chi connectivity index (χ4n) is 4.26. The Morgan fingerprint density at radius 3 is 1.50 bits per heavy atom. The number of hydrogen-bond acceptors (Lipinski definition) is 1. The molecule has 0 spiro atoms. The molecule has 0 heterocycles. The van der Waals surface area contributed by atoms with E-state index in [1.165, 1.54) is 89.1 Å². The molecule has 1 saturated carbocycles. The SMILES string of the molecule is CCCCP(O)(CCCC)(CCCC)C1CCCCC1. The maximum absolute atomic E-state index is 12.1. The van der Waals surface area contributed by atoms with Crippen LogP contribution < -0.4 is 0 Å². The van der Waals surface area contributed by atoms with Crippen LogP contribution in [0.5, 0.6) is 0 Å². The topological polar surface area (TPSA) is 20.2 Å². The van der Waals surface area contributed by atoms with E-state index in [4.69, 9.17) is 0 Å². The van der Waals surface area contributed by atoms with Crippen molar-refractivity contribution in [1.82, 2.24) is 0 Å². The first kappa shape index (κ1) is 18.4. The third-order valence-corrected chi connectivity index (χ3v) is 12.3. The number of unbranched alkanes of at least 4 members (excludes halogenated alkanes) is 3. The Morgan fingerprint density at radius 2 is 1.15 bits per heavy atom. The van der Waals surface area contributed by atoms with Gasteiger partial charge in [0, 0.05) is 0 Å². The van der Waals surface area contributed by atoms with Crippen molar-refractivity contribution in [1.29, 1.82) is 0 Å². The fourth-order valence-corrected chi connectivity index (χ4v) is 11.0. The van der Waals surface area contributed by atoms with Crippen molar-refractivity contribution >= 4 is 6.83 Å². The molecule has 0 atom stereocenters. The van der Waals surface area contributed by atoms with Crippen molar-refractivity contribution in [3.8, 4) is 0 Å². The molecule has 1 nitrogen and oxygen atoms in total. The first-order valence-corrected chi connectivity index (χ1v) is 12.2. The second-order valence-electron chi connectivity index (χ2n) is 7.28. The maximum atomic E-state index is 12.1. The normalized spacial score (nSPS) is 19.7. The van der Waals surface area contributed by atoms with Crippen molar-refractivity contribution in [2.75, 3.05) is 18.5 Å². The van der Waals surface area contributed by atoms with E-state index in [9.17, 15) is 4.89 Å². The molecule has 1 aliphatic rings. The van der Waals surface area contributed by atoms with Crippen molar-refractivity contribution in [2.24, 2.45) is 0 Å². The quantitative estimate of drug-likeness (QED) is 0.478. The molecule has 122 valence electrons. The van der Waals surface area contributed by atoms with Crippen LogP contribution in [0.3, 0.4) is 0 Å². The molecule has 0 saturated heterocycles. The molecule has 0 aromatic heterocycles. The van der Waals surface area contributed by atoms with Gasteiger partial charge in [0.2, 0.25) is 0 Å². The molecule has 0 aromatic carbocycles. The van der Waals surface area contributed by atoms with Crippen LogP contribution in [0.25, 0.3) is 0 Å². The van der Waals surface area contributed by atoms with E-state index < -0.39 is 6.83 Å². The van der Waals surface area contributed by atoms with Gasteiger partial charge < -0.3 is 0 Å². The average molecular weight is 302 g/mol. The molecular formula is C18H39OP. The van der Waals surface area contributed by atoms with Crippen molar-refractivity contribution < 1.29 is 4.89 Å². The molecule has 0 unspecified atom stereocenters. The van der Waals surface area contributed by atoms with E-state index in [0.717, 1.165) is 0 Å². The standard InChI is InChI=1S/C18H39OP/c1-4-7-15-20(19,16-8-5-2,17-9-6-3)18-13-11-10-12-14-18/h18-19H,4-17H2,1-3H3. The van der Waals surface area contributed by atoms with E-state index in [1.807, 2.05) is 0 Å². The van der Waals surface area contributed by atoms with Gasteiger partial charge >= 0.3 is 127 Å². The van der Waals surface area contributed by atoms with Crippen LogP contribution in [0.15, 0.2) is 0 Å². The summed E-state index contributed by atoms with van der Waals surface area (Å²) in [7, 11) is 0. The van der Waals surface area contributed by atoms with Crippen molar-refractivity contribution in [3.05, 3.63) is 0 Å². The molecule has 20 heavy (non-hydrogen) atoms. The minimum atomic E-state index is -2.45. The monoisotopic (exact) mass is 302 g/mol. The summed E-state index contributed by atoms with van der Waals surface area (Å²) in [5.74, 6) is 0. The second-order valence-corrected chi connectivity index (χ2v) is 12.9. The predicted molar refractivity (Wildman–Crippen MR) is 95.3 cm³/mol. The van der Waals surface area contributed by atoms with Crippen molar-refractivity contribution in [2.45, 2.75) is 97.1 Å². The molecule has 1 rings (SSSR count). The summed E-state index contributed by atoms with van der Waals surface area (Å²) in [5.41, 5.74) is 0.694. The molecule has 1 fully saturated rings. The third kappa shape index (κ3) is 4.70. The van der Waals surface area contributed by atoms with Gasteiger partial charge in [-0.2, -0.15) is 0 Å². The summed E-state index contributed by atoms with van der Waals surface area (Å²) in [6, 6.07) is 0. The molecule has 2 heteroatoms. The summed E-state index contributed by atoms with van der Waals surface area (Å²) in [4.78, 5) is 12.1. The fraction of sp³-hybridized carbons (Fsp3) is 1.00. The zero-order chi connectivity index (χ0) is 14.9. The average Bonchev–Trinajstić information content (AvgIpc) is 2.50. The van der Waals surface area contributed by atoms with Gasteiger partial charge in [-0.15, -0.1) is 0 Å². The van der Waals surface area contributed by atoms with Crippen LogP contribution >= 0.6 is 6.83 Å². The van der Waals surface area contributed by atoms with Crippen LogP contribution in [-0.2, 0) is 0 Å². The first-order chi connectivity index (χ1) is 9.59. The van der Waals surface area contributed by atoms with Crippen LogP contribution in [0.1, 0.15) is 91.4 Å². The van der Waals surface area contributed by atoms with Gasteiger partial charge in [0.05, 0.1) is 0 Å². The van der Waals surface area contributed by atoms with Crippen molar-refractivity contribution in [3.63, 3.8) is 0 Å².